The molecule has 1 aromatic heterocycles. The second-order valence-corrected chi connectivity index (χ2v) is 7.26. The summed E-state index contributed by atoms with van der Waals surface area (Å²) in [7, 11) is 0. The van der Waals surface area contributed by atoms with Crippen LogP contribution in [0.1, 0.15) is 34.5 Å². The van der Waals surface area contributed by atoms with Gasteiger partial charge in [-0.3, -0.25) is 9.78 Å². The van der Waals surface area contributed by atoms with Crippen molar-refractivity contribution in [2.45, 2.75) is 25.7 Å². The van der Waals surface area contributed by atoms with Crippen LogP contribution in [0.3, 0.4) is 0 Å². The summed E-state index contributed by atoms with van der Waals surface area (Å²) in [5.74, 6) is -1.78. The van der Waals surface area contributed by atoms with Crippen molar-refractivity contribution in [2.75, 3.05) is 18.1 Å². The van der Waals surface area contributed by atoms with Crippen LogP contribution in [0.2, 0.25) is 0 Å². The van der Waals surface area contributed by atoms with Gasteiger partial charge < -0.3 is 9.64 Å². The number of amides is 1. The number of nitriles is 1. The van der Waals surface area contributed by atoms with E-state index in [4.69, 9.17) is 10.00 Å². The average molecular weight is 417 g/mol. The van der Waals surface area contributed by atoms with Crippen LogP contribution < -0.4 is 4.90 Å². The van der Waals surface area contributed by atoms with E-state index in [1.165, 1.54) is 18.2 Å². The molecule has 6 nitrogen and oxygen atoms in total. The molecule has 0 bridgehead atoms. The largest absolute Gasteiger partial charge is 0.452 e. The van der Waals surface area contributed by atoms with E-state index >= 15 is 0 Å². The zero-order valence-electron chi connectivity index (χ0n) is 16.8. The number of hydrogen-bond donors (Lipinski definition) is 0. The number of hydrogen-bond acceptors (Lipinski definition) is 5. The van der Waals surface area contributed by atoms with E-state index in [9.17, 15) is 14.0 Å². The molecule has 0 saturated carbocycles. The summed E-state index contributed by atoms with van der Waals surface area (Å²) in [6, 6.07) is 15.1. The quantitative estimate of drug-likeness (QED) is 0.567. The van der Waals surface area contributed by atoms with Gasteiger partial charge in [0.25, 0.3) is 5.91 Å². The summed E-state index contributed by atoms with van der Waals surface area (Å²) < 4.78 is 19.6. The fourth-order valence-corrected chi connectivity index (χ4v) is 3.93. The number of carbonyl (C=O) groups excluding carboxylic acids is 2. The minimum Gasteiger partial charge on any atom is -0.452 e. The van der Waals surface area contributed by atoms with E-state index < -0.39 is 24.3 Å². The van der Waals surface area contributed by atoms with Gasteiger partial charge in [-0.25, -0.2) is 9.18 Å². The highest BCUT2D eigenvalue weighted by Gasteiger charge is 2.26. The lowest BCUT2D eigenvalue weighted by molar-refractivity contribution is -0.121. The molecular formula is C24H20FN3O3. The maximum absolute atomic E-state index is 14.2. The normalized spacial score (nSPS) is 12.3. The molecule has 7 heteroatoms. The molecule has 0 saturated heterocycles. The lowest BCUT2D eigenvalue weighted by atomic mass is 10.0. The predicted octanol–water partition coefficient (Wildman–Crippen LogP) is 3.97. The van der Waals surface area contributed by atoms with Crippen molar-refractivity contribution in [3.63, 3.8) is 0 Å². The minimum absolute atomic E-state index is 0.00139. The number of benzene rings is 2. The number of pyridine rings is 1. The fraction of sp³-hybridized carbons (Fsp3) is 0.250. The number of ether oxygens (including phenoxy) is 1. The molecule has 0 fully saturated rings. The molecule has 31 heavy (non-hydrogen) atoms. The molecule has 1 heterocycles. The van der Waals surface area contributed by atoms with Gasteiger partial charge in [0.1, 0.15) is 5.82 Å². The number of fused-ring (bicyclic) bond motifs is 2. The smallest absolute Gasteiger partial charge is 0.339 e. The number of carbonyl (C=O) groups is 2. The van der Waals surface area contributed by atoms with Gasteiger partial charge >= 0.3 is 5.97 Å². The Balaban J connectivity index is 1.58. The Morgan fingerprint density at radius 3 is 2.71 bits per heavy atom. The van der Waals surface area contributed by atoms with Crippen molar-refractivity contribution < 1.29 is 18.7 Å². The SMILES string of the molecule is N#CCCN(C(=O)COC(=O)c1c2c(nc3ccccc13)CCC2)c1ccccc1F. The zero-order valence-corrected chi connectivity index (χ0v) is 16.8. The van der Waals surface area contributed by atoms with E-state index in [-0.39, 0.29) is 18.7 Å². The van der Waals surface area contributed by atoms with Gasteiger partial charge in [0.2, 0.25) is 0 Å². The maximum Gasteiger partial charge on any atom is 0.339 e. The number of esters is 1. The first kappa shape index (κ1) is 20.5. The van der Waals surface area contributed by atoms with E-state index in [2.05, 4.69) is 4.98 Å². The van der Waals surface area contributed by atoms with Gasteiger partial charge in [-0.05, 0) is 43.0 Å². The van der Waals surface area contributed by atoms with E-state index in [1.807, 2.05) is 30.3 Å². The van der Waals surface area contributed by atoms with E-state index in [0.29, 0.717) is 16.5 Å². The minimum atomic E-state index is -0.598. The summed E-state index contributed by atoms with van der Waals surface area (Å²) in [6.45, 7) is -0.550. The summed E-state index contributed by atoms with van der Waals surface area (Å²) in [5.41, 5.74) is 2.96. The van der Waals surface area contributed by atoms with Crippen LogP contribution in [0.5, 0.6) is 0 Å². The van der Waals surface area contributed by atoms with Crippen molar-refractivity contribution in [2.24, 2.45) is 0 Å². The lowest BCUT2D eigenvalue weighted by Crippen LogP contribution is -2.36. The maximum atomic E-state index is 14.2. The standard InChI is InChI=1S/C24H20FN3O3/c25-18-9-2-4-12-21(18)28(14-6-13-26)22(29)15-31-24(30)23-16-7-1-3-10-19(16)27-20-11-5-8-17(20)23/h1-4,7,9-10,12H,5-6,8,11,14-15H2. The highest BCUT2D eigenvalue weighted by molar-refractivity contribution is 6.06. The second kappa shape index (κ2) is 8.92. The topological polar surface area (TPSA) is 83.3 Å². The first-order valence-electron chi connectivity index (χ1n) is 10.1. The number of rotatable bonds is 6. The fourth-order valence-electron chi connectivity index (χ4n) is 3.93. The van der Waals surface area contributed by atoms with Crippen LogP contribution in [-0.2, 0) is 22.4 Å². The highest BCUT2D eigenvalue weighted by Crippen LogP contribution is 2.30. The molecule has 3 aromatic rings. The first-order valence-corrected chi connectivity index (χ1v) is 10.1. The summed E-state index contributed by atoms with van der Waals surface area (Å²) in [4.78, 5) is 31.6. The number of para-hydroxylation sites is 2. The van der Waals surface area contributed by atoms with Gasteiger partial charge in [-0.15, -0.1) is 0 Å². The molecule has 0 unspecified atom stereocenters. The van der Waals surface area contributed by atoms with Gasteiger partial charge in [0.05, 0.1) is 29.3 Å². The van der Waals surface area contributed by atoms with Gasteiger partial charge in [-0.1, -0.05) is 30.3 Å². The molecule has 2 aromatic carbocycles. The van der Waals surface area contributed by atoms with Crippen LogP contribution in [0.4, 0.5) is 10.1 Å². The van der Waals surface area contributed by atoms with Crippen molar-refractivity contribution in [1.82, 2.24) is 4.98 Å². The van der Waals surface area contributed by atoms with E-state index in [1.54, 1.807) is 6.07 Å². The molecule has 0 aliphatic heterocycles. The molecule has 4 rings (SSSR count). The van der Waals surface area contributed by atoms with Gasteiger partial charge in [-0.2, -0.15) is 5.26 Å². The van der Waals surface area contributed by atoms with Crippen LogP contribution in [-0.4, -0.2) is 30.0 Å². The van der Waals surface area contributed by atoms with Crippen LogP contribution in [0.25, 0.3) is 10.9 Å². The third-order valence-electron chi connectivity index (χ3n) is 5.34. The molecule has 1 amide bonds. The van der Waals surface area contributed by atoms with Gasteiger partial charge in [0.15, 0.2) is 6.61 Å². The Kier molecular flexibility index (Phi) is 5.89. The summed E-state index contributed by atoms with van der Waals surface area (Å²) >= 11 is 0. The third-order valence-corrected chi connectivity index (χ3v) is 5.34. The Hall–Kier alpha value is -3.79. The van der Waals surface area contributed by atoms with Crippen LogP contribution >= 0.6 is 0 Å². The molecule has 0 spiro atoms. The predicted molar refractivity (Wildman–Crippen MR) is 113 cm³/mol. The highest BCUT2D eigenvalue weighted by atomic mass is 19.1. The van der Waals surface area contributed by atoms with Crippen LogP contribution in [0.15, 0.2) is 48.5 Å². The lowest BCUT2D eigenvalue weighted by Gasteiger charge is -2.22. The van der Waals surface area contributed by atoms with Gasteiger partial charge in [0, 0.05) is 17.6 Å². The summed E-state index contributed by atoms with van der Waals surface area (Å²) in [5, 5.41) is 9.59. The summed E-state index contributed by atoms with van der Waals surface area (Å²) in [6.07, 6.45) is 2.47. The van der Waals surface area contributed by atoms with Crippen molar-refractivity contribution in [1.29, 1.82) is 5.26 Å². The molecule has 1 aliphatic rings. The van der Waals surface area contributed by atoms with Crippen molar-refractivity contribution in [3.05, 3.63) is 71.2 Å². The van der Waals surface area contributed by atoms with Crippen molar-refractivity contribution >= 4 is 28.5 Å². The van der Waals surface area contributed by atoms with Crippen LogP contribution in [0, 0.1) is 17.1 Å². The Morgan fingerprint density at radius 2 is 1.90 bits per heavy atom. The molecule has 156 valence electrons. The van der Waals surface area contributed by atoms with Crippen molar-refractivity contribution in [3.8, 4) is 6.07 Å². The second-order valence-electron chi connectivity index (χ2n) is 7.26. The molecule has 0 N–H and O–H groups in total. The molecular weight excluding hydrogens is 397 g/mol. The number of nitrogens with zero attached hydrogens (tertiary/aromatic N) is 3. The Labute approximate surface area is 178 Å². The number of halogens is 1. The third kappa shape index (κ3) is 4.10. The number of anilines is 1. The number of aryl methyl sites for hydroxylation is 1. The average Bonchev–Trinajstić information content (AvgIpc) is 3.25. The molecule has 0 atom stereocenters. The zero-order chi connectivity index (χ0) is 21.8. The Morgan fingerprint density at radius 1 is 1.13 bits per heavy atom. The van der Waals surface area contributed by atoms with E-state index in [0.717, 1.165) is 35.4 Å². The molecule has 1 aliphatic carbocycles. The monoisotopic (exact) mass is 417 g/mol. The first-order chi connectivity index (χ1) is 15.1. The Bertz CT molecular complexity index is 1200. The molecule has 0 radical (unpaired) electrons. The number of aromatic nitrogens is 1.